The van der Waals surface area contributed by atoms with Gasteiger partial charge in [0.1, 0.15) is 0 Å². The Morgan fingerprint density at radius 3 is 1.79 bits per heavy atom. The van der Waals surface area contributed by atoms with Gasteiger partial charge in [-0.3, -0.25) is 0 Å². The van der Waals surface area contributed by atoms with Gasteiger partial charge in [-0.25, -0.2) is 0 Å². The van der Waals surface area contributed by atoms with Crippen LogP contribution in [0, 0.1) is 10.8 Å². The second-order valence-corrected chi connectivity index (χ2v) is 6.59. The molecule has 1 nitrogen and oxygen atoms in total. The number of rotatable bonds is 3. The molecular weight excluding hydrogens is 170 g/mol. The molecule has 0 bridgehead atoms. The van der Waals surface area contributed by atoms with Gasteiger partial charge < -0.3 is 4.90 Å². The van der Waals surface area contributed by atoms with Crippen molar-refractivity contribution in [1.82, 2.24) is 4.90 Å². The number of hydrogen-bond acceptors (Lipinski definition) is 1. The number of hydrogen-bond donors (Lipinski definition) is 0. The fourth-order valence-electron chi connectivity index (χ4n) is 1.43. The molecule has 0 N–H and O–H groups in total. The smallest absolute Gasteiger partial charge is 0.0192 e. The topological polar surface area (TPSA) is 3.24 Å². The molecule has 1 heteroatoms. The van der Waals surface area contributed by atoms with Crippen LogP contribution in [0.5, 0.6) is 0 Å². The molecule has 0 aliphatic rings. The van der Waals surface area contributed by atoms with Crippen molar-refractivity contribution < 1.29 is 0 Å². The van der Waals surface area contributed by atoms with Crippen LogP contribution in [0.2, 0.25) is 0 Å². The van der Waals surface area contributed by atoms with E-state index in [4.69, 9.17) is 0 Å². The predicted octanol–water partition coefficient (Wildman–Crippen LogP) is 3.57. The van der Waals surface area contributed by atoms with Crippen molar-refractivity contribution in [2.75, 3.05) is 20.1 Å². The molecule has 84 valence electrons. The molecule has 0 heterocycles. The fourth-order valence-corrected chi connectivity index (χ4v) is 1.43. The van der Waals surface area contributed by atoms with Crippen molar-refractivity contribution in [3.05, 3.63) is 12.2 Å². The van der Waals surface area contributed by atoms with E-state index in [2.05, 4.69) is 60.1 Å². The summed E-state index contributed by atoms with van der Waals surface area (Å²) in [6, 6.07) is 0. The van der Waals surface area contributed by atoms with Crippen LogP contribution in [0.25, 0.3) is 0 Å². The molecule has 0 spiro atoms. The highest BCUT2D eigenvalue weighted by molar-refractivity contribution is 5.07. The Kier molecular flexibility index (Phi) is 4.38. The molecule has 0 saturated carbocycles. The maximum Gasteiger partial charge on any atom is 0.0192 e. The molecule has 14 heavy (non-hydrogen) atoms. The lowest BCUT2D eigenvalue weighted by Crippen LogP contribution is -2.32. The normalized spacial score (nSPS) is 13.4. The quantitative estimate of drug-likeness (QED) is 0.625. The highest BCUT2D eigenvalue weighted by Crippen LogP contribution is 2.24. The Bertz CT molecular complexity index is 190. The third-order valence-electron chi connectivity index (χ3n) is 2.27. The van der Waals surface area contributed by atoms with E-state index >= 15 is 0 Å². The summed E-state index contributed by atoms with van der Waals surface area (Å²) < 4.78 is 0. The minimum absolute atomic E-state index is 0.228. The summed E-state index contributed by atoms with van der Waals surface area (Å²) in [5.41, 5.74) is 1.91. The summed E-state index contributed by atoms with van der Waals surface area (Å²) in [7, 11) is 2.17. The van der Waals surface area contributed by atoms with Crippen LogP contribution >= 0.6 is 0 Å². The largest absolute Gasteiger partial charge is 0.302 e. The fraction of sp³-hybridized carbons (Fsp3) is 0.846. The maximum atomic E-state index is 4.15. The highest BCUT2D eigenvalue weighted by atomic mass is 15.1. The minimum Gasteiger partial charge on any atom is -0.302 e. The molecule has 0 fully saturated rings. The van der Waals surface area contributed by atoms with Crippen molar-refractivity contribution in [3.63, 3.8) is 0 Å². The molecule has 0 saturated heterocycles. The zero-order valence-corrected chi connectivity index (χ0v) is 11.1. The molecule has 0 rings (SSSR count). The molecule has 0 radical (unpaired) electrons. The van der Waals surface area contributed by atoms with Gasteiger partial charge in [0.25, 0.3) is 0 Å². The first-order valence-electron chi connectivity index (χ1n) is 5.39. The molecule has 0 aromatic heterocycles. The first kappa shape index (κ1) is 13.7. The van der Waals surface area contributed by atoms with Crippen LogP contribution in [0.4, 0.5) is 0 Å². The van der Waals surface area contributed by atoms with Crippen molar-refractivity contribution >= 4 is 0 Å². The Morgan fingerprint density at radius 1 is 1.07 bits per heavy atom. The Morgan fingerprint density at radius 2 is 1.50 bits per heavy atom. The minimum atomic E-state index is 0.228. The average molecular weight is 197 g/mol. The molecular formula is C13H27N. The zero-order chi connectivity index (χ0) is 11.6. The van der Waals surface area contributed by atoms with Gasteiger partial charge in [0, 0.05) is 13.1 Å². The van der Waals surface area contributed by atoms with Gasteiger partial charge in [-0.15, -0.1) is 0 Å². The van der Waals surface area contributed by atoms with Crippen LogP contribution in [0.1, 0.15) is 41.5 Å². The SMILES string of the molecule is C=C(CN(C)CC(C)(C)C)C(C)(C)C. The summed E-state index contributed by atoms with van der Waals surface area (Å²) in [6.45, 7) is 19.7. The standard InChI is InChI=1S/C13H27N/c1-11(13(5,6)7)9-14(8)10-12(2,3)4/h1,9-10H2,2-8H3. The summed E-state index contributed by atoms with van der Waals surface area (Å²) in [5.74, 6) is 0. The lowest BCUT2D eigenvalue weighted by Gasteiger charge is -2.30. The van der Waals surface area contributed by atoms with E-state index < -0.39 is 0 Å². The first-order valence-corrected chi connectivity index (χ1v) is 5.39. The Hall–Kier alpha value is -0.300. The summed E-state index contributed by atoms with van der Waals surface area (Å²) in [6.07, 6.45) is 0. The van der Waals surface area contributed by atoms with Gasteiger partial charge in [0.05, 0.1) is 0 Å². The van der Waals surface area contributed by atoms with Crippen molar-refractivity contribution in [2.45, 2.75) is 41.5 Å². The van der Waals surface area contributed by atoms with Crippen molar-refractivity contribution in [3.8, 4) is 0 Å². The monoisotopic (exact) mass is 197 g/mol. The second-order valence-electron chi connectivity index (χ2n) is 6.59. The Labute approximate surface area is 90.2 Å². The first-order chi connectivity index (χ1) is 6.02. The molecule has 0 aliphatic carbocycles. The predicted molar refractivity (Wildman–Crippen MR) is 65.5 cm³/mol. The van der Waals surface area contributed by atoms with Gasteiger partial charge in [-0.05, 0) is 17.9 Å². The van der Waals surface area contributed by atoms with Gasteiger partial charge >= 0.3 is 0 Å². The number of nitrogens with zero attached hydrogens (tertiary/aromatic N) is 1. The van der Waals surface area contributed by atoms with Gasteiger partial charge in [-0.1, -0.05) is 53.7 Å². The van der Waals surface area contributed by atoms with Crippen LogP contribution in [0.15, 0.2) is 12.2 Å². The van der Waals surface area contributed by atoms with Gasteiger partial charge in [-0.2, -0.15) is 0 Å². The van der Waals surface area contributed by atoms with Crippen molar-refractivity contribution in [1.29, 1.82) is 0 Å². The molecule has 0 aliphatic heterocycles. The molecule has 0 aromatic rings. The highest BCUT2D eigenvalue weighted by Gasteiger charge is 2.19. The second kappa shape index (κ2) is 4.48. The summed E-state index contributed by atoms with van der Waals surface area (Å²) >= 11 is 0. The van der Waals surface area contributed by atoms with E-state index in [1.165, 1.54) is 5.57 Å². The van der Waals surface area contributed by atoms with E-state index in [1.807, 2.05) is 0 Å². The lowest BCUT2D eigenvalue weighted by molar-refractivity contribution is 0.231. The van der Waals surface area contributed by atoms with Crippen molar-refractivity contribution in [2.24, 2.45) is 10.8 Å². The van der Waals surface area contributed by atoms with Crippen LogP contribution in [-0.4, -0.2) is 25.0 Å². The van der Waals surface area contributed by atoms with E-state index in [1.54, 1.807) is 0 Å². The van der Waals surface area contributed by atoms with E-state index in [-0.39, 0.29) is 5.41 Å². The van der Waals surface area contributed by atoms with Crippen LogP contribution < -0.4 is 0 Å². The zero-order valence-electron chi connectivity index (χ0n) is 11.1. The Balaban J connectivity index is 4.09. The summed E-state index contributed by atoms with van der Waals surface area (Å²) in [4.78, 5) is 2.35. The molecule has 0 aromatic carbocycles. The van der Waals surface area contributed by atoms with E-state index in [9.17, 15) is 0 Å². The third-order valence-corrected chi connectivity index (χ3v) is 2.27. The molecule has 0 unspecified atom stereocenters. The molecule has 0 atom stereocenters. The molecule has 0 amide bonds. The van der Waals surface area contributed by atoms with Crippen LogP contribution in [0.3, 0.4) is 0 Å². The van der Waals surface area contributed by atoms with E-state index in [0.29, 0.717) is 5.41 Å². The summed E-state index contributed by atoms with van der Waals surface area (Å²) in [5, 5.41) is 0. The van der Waals surface area contributed by atoms with Gasteiger partial charge in [0.2, 0.25) is 0 Å². The van der Waals surface area contributed by atoms with E-state index in [0.717, 1.165) is 13.1 Å². The van der Waals surface area contributed by atoms with Crippen LogP contribution in [-0.2, 0) is 0 Å². The maximum absolute atomic E-state index is 4.15. The third kappa shape index (κ3) is 6.20. The lowest BCUT2D eigenvalue weighted by atomic mass is 9.87. The number of likely N-dealkylation sites (N-methyl/N-ethyl adjacent to an activating group) is 1. The van der Waals surface area contributed by atoms with Gasteiger partial charge in [0.15, 0.2) is 0 Å². The average Bonchev–Trinajstić information content (AvgIpc) is 1.79.